The average molecular weight is 280 g/mol. The Balaban J connectivity index is 2.33. The largest absolute Gasteiger partial charge is 0.383 e. The van der Waals surface area contributed by atoms with Gasteiger partial charge in [-0.25, -0.2) is 14.6 Å². The maximum atomic E-state index is 5.15. The second kappa shape index (κ2) is 7.11. The molecule has 0 N–H and O–H groups in total. The van der Waals surface area contributed by atoms with Crippen LogP contribution in [0.4, 0.5) is 5.82 Å². The van der Waals surface area contributed by atoms with E-state index >= 15 is 0 Å². The highest BCUT2D eigenvalue weighted by molar-refractivity contribution is 5.82. The van der Waals surface area contributed by atoms with Gasteiger partial charge in [0.1, 0.15) is 6.33 Å². The van der Waals surface area contributed by atoms with E-state index in [0.717, 1.165) is 18.0 Å². The summed E-state index contributed by atoms with van der Waals surface area (Å²) < 4.78 is 12.0. The van der Waals surface area contributed by atoms with Gasteiger partial charge in [-0.2, -0.15) is 0 Å². The molecule has 2 heterocycles. The molecule has 2 aromatic rings. The van der Waals surface area contributed by atoms with Gasteiger partial charge in [-0.15, -0.1) is 5.10 Å². The van der Waals surface area contributed by atoms with E-state index in [4.69, 9.17) is 9.47 Å². The second-order valence-electron chi connectivity index (χ2n) is 4.25. The molecule has 8 nitrogen and oxygen atoms in total. The van der Waals surface area contributed by atoms with E-state index in [0.29, 0.717) is 31.8 Å². The summed E-state index contributed by atoms with van der Waals surface area (Å²) in [5, 5.41) is 8.28. The molecule has 0 aliphatic heterocycles. The first kappa shape index (κ1) is 14.6. The Hall–Kier alpha value is -1.80. The van der Waals surface area contributed by atoms with Crippen molar-refractivity contribution in [3.05, 3.63) is 6.33 Å². The third-order valence-electron chi connectivity index (χ3n) is 3.01. The summed E-state index contributed by atoms with van der Waals surface area (Å²) in [6, 6.07) is 0. The summed E-state index contributed by atoms with van der Waals surface area (Å²) in [6.07, 6.45) is 1.54. The van der Waals surface area contributed by atoms with Gasteiger partial charge in [0.25, 0.3) is 0 Å². The standard InChI is InChI=1S/C12H20N6O2/c1-4-18-12-10(15-16-18)11(13-9-14-12)17(5-7-19-2)6-8-20-3/h9H,4-8H2,1-3H3. The zero-order chi connectivity index (χ0) is 14.4. The molecule has 110 valence electrons. The topological polar surface area (TPSA) is 78.2 Å². The van der Waals surface area contributed by atoms with Gasteiger partial charge in [-0.1, -0.05) is 5.21 Å². The van der Waals surface area contributed by atoms with E-state index in [9.17, 15) is 0 Å². The van der Waals surface area contributed by atoms with E-state index in [1.54, 1.807) is 25.2 Å². The van der Waals surface area contributed by atoms with Gasteiger partial charge >= 0.3 is 0 Å². The Kier molecular flexibility index (Phi) is 5.19. The quantitative estimate of drug-likeness (QED) is 0.690. The Labute approximate surface area is 117 Å². The molecule has 2 rings (SSSR count). The maximum absolute atomic E-state index is 5.15. The Morgan fingerprint density at radius 1 is 1.15 bits per heavy atom. The molecule has 0 unspecified atom stereocenters. The average Bonchev–Trinajstić information content (AvgIpc) is 2.91. The zero-order valence-corrected chi connectivity index (χ0v) is 12.1. The predicted molar refractivity (Wildman–Crippen MR) is 74.8 cm³/mol. The van der Waals surface area contributed by atoms with Crippen LogP contribution in [0.25, 0.3) is 11.2 Å². The highest BCUT2D eigenvalue weighted by Gasteiger charge is 2.16. The number of ether oxygens (including phenoxy) is 2. The molecule has 0 spiro atoms. The van der Waals surface area contributed by atoms with Crippen molar-refractivity contribution >= 4 is 17.0 Å². The van der Waals surface area contributed by atoms with E-state index in [1.807, 2.05) is 6.92 Å². The second-order valence-corrected chi connectivity index (χ2v) is 4.25. The molecule has 2 aromatic heterocycles. The van der Waals surface area contributed by atoms with Crippen LogP contribution >= 0.6 is 0 Å². The maximum Gasteiger partial charge on any atom is 0.183 e. The van der Waals surface area contributed by atoms with Crippen LogP contribution < -0.4 is 4.90 Å². The van der Waals surface area contributed by atoms with Crippen LogP contribution in [0, 0.1) is 0 Å². The minimum atomic E-state index is 0.608. The molecule has 0 bridgehead atoms. The van der Waals surface area contributed by atoms with Crippen LogP contribution in [-0.4, -0.2) is 65.5 Å². The third-order valence-corrected chi connectivity index (χ3v) is 3.01. The van der Waals surface area contributed by atoms with Crippen molar-refractivity contribution < 1.29 is 9.47 Å². The molecule has 0 aliphatic carbocycles. The third kappa shape index (κ3) is 3.02. The van der Waals surface area contributed by atoms with E-state index in [2.05, 4.69) is 25.2 Å². The fourth-order valence-corrected chi connectivity index (χ4v) is 1.95. The number of anilines is 1. The molecule has 8 heteroatoms. The lowest BCUT2D eigenvalue weighted by molar-refractivity contribution is 0.190. The van der Waals surface area contributed by atoms with Crippen molar-refractivity contribution in [3.8, 4) is 0 Å². The lowest BCUT2D eigenvalue weighted by Gasteiger charge is -2.22. The fraction of sp³-hybridized carbons (Fsp3) is 0.667. The van der Waals surface area contributed by atoms with Gasteiger partial charge in [0.2, 0.25) is 0 Å². The SMILES string of the molecule is CCn1nnc2c(N(CCOC)CCOC)ncnc21. The monoisotopic (exact) mass is 280 g/mol. The number of hydrogen-bond acceptors (Lipinski definition) is 7. The highest BCUT2D eigenvalue weighted by atomic mass is 16.5. The lowest BCUT2D eigenvalue weighted by Crippen LogP contribution is -2.31. The van der Waals surface area contributed by atoms with Gasteiger partial charge in [-0.05, 0) is 6.92 Å². The number of fused-ring (bicyclic) bond motifs is 1. The predicted octanol–water partition coefficient (Wildman–Crippen LogP) is 0.340. The summed E-state index contributed by atoms with van der Waals surface area (Å²) in [4.78, 5) is 10.7. The Bertz CT molecular complexity index is 536. The molecule has 0 fully saturated rings. The van der Waals surface area contributed by atoms with Crippen molar-refractivity contribution in [1.29, 1.82) is 0 Å². The highest BCUT2D eigenvalue weighted by Crippen LogP contribution is 2.20. The van der Waals surface area contributed by atoms with Crippen molar-refractivity contribution in [2.45, 2.75) is 13.5 Å². The van der Waals surface area contributed by atoms with Gasteiger partial charge in [-0.3, -0.25) is 0 Å². The van der Waals surface area contributed by atoms with Gasteiger partial charge in [0, 0.05) is 33.9 Å². The number of rotatable bonds is 8. The van der Waals surface area contributed by atoms with Crippen LogP contribution in [-0.2, 0) is 16.0 Å². The minimum Gasteiger partial charge on any atom is -0.383 e. The van der Waals surface area contributed by atoms with E-state index in [1.165, 1.54) is 0 Å². The molecule has 0 saturated carbocycles. The van der Waals surface area contributed by atoms with Crippen molar-refractivity contribution in [2.75, 3.05) is 45.4 Å². The first-order valence-electron chi connectivity index (χ1n) is 6.58. The minimum absolute atomic E-state index is 0.608. The van der Waals surface area contributed by atoms with Crippen molar-refractivity contribution in [1.82, 2.24) is 25.0 Å². The molecule has 0 amide bonds. The van der Waals surface area contributed by atoms with Crippen molar-refractivity contribution in [3.63, 3.8) is 0 Å². The number of nitrogens with zero attached hydrogens (tertiary/aromatic N) is 6. The number of hydrogen-bond donors (Lipinski definition) is 0. The van der Waals surface area contributed by atoms with Crippen molar-refractivity contribution in [2.24, 2.45) is 0 Å². The number of aromatic nitrogens is 5. The molecule has 0 radical (unpaired) electrons. The van der Waals surface area contributed by atoms with Gasteiger partial charge in [0.05, 0.1) is 13.2 Å². The van der Waals surface area contributed by atoms with Gasteiger partial charge in [0.15, 0.2) is 17.0 Å². The van der Waals surface area contributed by atoms with E-state index < -0.39 is 0 Å². The van der Waals surface area contributed by atoms with Crippen LogP contribution in [0.15, 0.2) is 6.33 Å². The first-order valence-corrected chi connectivity index (χ1v) is 6.58. The molecular weight excluding hydrogens is 260 g/mol. The summed E-state index contributed by atoms with van der Waals surface area (Å²) in [7, 11) is 3.36. The molecular formula is C12H20N6O2. The van der Waals surface area contributed by atoms with Crippen LogP contribution in [0.5, 0.6) is 0 Å². The van der Waals surface area contributed by atoms with Crippen LogP contribution in [0.3, 0.4) is 0 Å². The van der Waals surface area contributed by atoms with Crippen LogP contribution in [0.2, 0.25) is 0 Å². The summed E-state index contributed by atoms with van der Waals surface area (Å²) in [6.45, 7) is 5.37. The number of methoxy groups -OCH3 is 2. The Morgan fingerprint density at radius 3 is 2.45 bits per heavy atom. The summed E-state index contributed by atoms with van der Waals surface area (Å²) in [5.41, 5.74) is 1.46. The molecule has 0 saturated heterocycles. The molecule has 0 aliphatic rings. The summed E-state index contributed by atoms with van der Waals surface area (Å²) in [5.74, 6) is 0.767. The zero-order valence-electron chi connectivity index (χ0n) is 12.1. The first-order chi connectivity index (χ1) is 9.81. The normalized spacial score (nSPS) is 11.2. The Morgan fingerprint density at radius 2 is 1.85 bits per heavy atom. The lowest BCUT2D eigenvalue weighted by atomic mass is 10.4. The van der Waals surface area contributed by atoms with E-state index in [-0.39, 0.29) is 0 Å². The van der Waals surface area contributed by atoms with Gasteiger partial charge < -0.3 is 14.4 Å². The van der Waals surface area contributed by atoms with Crippen LogP contribution in [0.1, 0.15) is 6.92 Å². The smallest absolute Gasteiger partial charge is 0.183 e. The fourth-order valence-electron chi connectivity index (χ4n) is 1.95. The molecule has 0 aromatic carbocycles. The number of aryl methyl sites for hydroxylation is 1. The molecule has 0 atom stereocenters. The molecule has 20 heavy (non-hydrogen) atoms. The summed E-state index contributed by atoms with van der Waals surface area (Å²) >= 11 is 0.